The topological polar surface area (TPSA) is 46.2 Å². The molecule has 1 aliphatic carbocycles. The number of hydrogen-bond donors (Lipinski definition) is 1. The summed E-state index contributed by atoms with van der Waals surface area (Å²) in [5, 5.41) is 2.91. The molecule has 1 fully saturated rings. The lowest BCUT2D eigenvalue weighted by molar-refractivity contribution is -0.118. The van der Waals surface area contributed by atoms with Crippen molar-refractivity contribution in [2.24, 2.45) is 5.92 Å². The molecule has 0 spiro atoms. The predicted molar refractivity (Wildman–Crippen MR) is 68.3 cm³/mol. The molecule has 1 N–H and O–H groups in total. The van der Waals surface area contributed by atoms with Crippen molar-refractivity contribution in [3.63, 3.8) is 0 Å². The Balaban J connectivity index is 1.75. The zero-order valence-electron chi connectivity index (χ0n) is 9.52. The number of aldehydes is 1. The van der Waals surface area contributed by atoms with Gasteiger partial charge in [-0.05, 0) is 30.9 Å². The summed E-state index contributed by atoms with van der Waals surface area (Å²) < 4.78 is 0. The summed E-state index contributed by atoms with van der Waals surface area (Å²) in [6, 6.07) is 7.29. The zero-order valence-corrected chi connectivity index (χ0v) is 10.3. The molecule has 0 saturated heterocycles. The van der Waals surface area contributed by atoms with Gasteiger partial charge in [0.25, 0.3) is 0 Å². The average Bonchev–Trinajstić information content (AvgIpc) is 3.18. The first-order valence-electron chi connectivity index (χ1n) is 5.72. The van der Waals surface area contributed by atoms with Gasteiger partial charge in [-0.15, -0.1) is 11.8 Å². The van der Waals surface area contributed by atoms with Crippen molar-refractivity contribution in [1.29, 1.82) is 0 Å². The van der Waals surface area contributed by atoms with Gasteiger partial charge in [-0.1, -0.05) is 12.1 Å². The molecule has 2 rings (SSSR count). The van der Waals surface area contributed by atoms with Crippen LogP contribution in [0.3, 0.4) is 0 Å². The quantitative estimate of drug-likeness (QED) is 0.620. The van der Waals surface area contributed by atoms with Gasteiger partial charge >= 0.3 is 0 Å². The lowest BCUT2D eigenvalue weighted by atomic mass is 10.2. The standard InChI is InChI=1S/C13H15NO2S/c15-8-11-2-1-3-12(6-11)17-9-13(16)14-7-10-4-5-10/h1-3,6,8,10H,4-5,7,9H2,(H,14,16). The van der Waals surface area contributed by atoms with Crippen molar-refractivity contribution >= 4 is 24.0 Å². The van der Waals surface area contributed by atoms with E-state index in [9.17, 15) is 9.59 Å². The van der Waals surface area contributed by atoms with Crippen LogP contribution >= 0.6 is 11.8 Å². The van der Waals surface area contributed by atoms with E-state index in [1.54, 1.807) is 12.1 Å². The molecule has 1 aromatic carbocycles. The highest BCUT2D eigenvalue weighted by atomic mass is 32.2. The summed E-state index contributed by atoms with van der Waals surface area (Å²) in [5.41, 5.74) is 0.647. The molecule has 0 aromatic heterocycles. The Bertz CT molecular complexity index is 416. The summed E-state index contributed by atoms with van der Waals surface area (Å²) in [5.74, 6) is 1.19. The first kappa shape index (κ1) is 12.2. The molecule has 1 amide bonds. The molecule has 0 unspecified atom stereocenters. The molecule has 1 aromatic rings. The molecule has 3 nitrogen and oxygen atoms in total. The number of amides is 1. The summed E-state index contributed by atoms with van der Waals surface area (Å²) >= 11 is 1.46. The summed E-state index contributed by atoms with van der Waals surface area (Å²) in [6.45, 7) is 0.813. The highest BCUT2D eigenvalue weighted by Gasteiger charge is 2.21. The Morgan fingerprint density at radius 2 is 2.29 bits per heavy atom. The van der Waals surface area contributed by atoms with Gasteiger partial charge in [0.2, 0.25) is 5.91 Å². The van der Waals surface area contributed by atoms with Crippen LogP contribution in [0.4, 0.5) is 0 Å². The van der Waals surface area contributed by atoms with E-state index in [0.29, 0.717) is 17.2 Å². The predicted octanol–water partition coefficient (Wildman–Crippen LogP) is 2.12. The minimum Gasteiger partial charge on any atom is -0.355 e. The molecule has 1 saturated carbocycles. The van der Waals surface area contributed by atoms with Crippen LogP contribution in [0.15, 0.2) is 29.2 Å². The number of nitrogens with one attached hydrogen (secondary N) is 1. The van der Waals surface area contributed by atoms with Crippen molar-refractivity contribution in [3.8, 4) is 0 Å². The van der Waals surface area contributed by atoms with Gasteiger partial charge in [-0.3, -0.25) is 9.59 Å². The van der Waals surface area contributed by atoms with E-state index in [2.05, 4.69) is 5.32 Å². The Kier molecular flexibility index (Phi) is 4.20. The number of benzene rings is 1. The van der Waals surface area contributed by atoms with Crippen LogP contribution in [0, 0.1) is 5.92 Å². The second-order valence-corrected chi connectivity index (χ2v) is 5.28. The van der Waals surface area contributed by atoms with Crippen molar-refractivity contribution in [2.75, 3.05) is 12.3 Å². The van der Waals surface area contributed by atoms with Crippen molar-refractivity contribution < 1.29 is 9.59 Å². The van der Waals surface area contributed by atoms with E-state index >= 15 is 0 Å². The van der Waals surface area contributed by atoms with E-state index in [1.165, 1.54) is 24.6 Å². The molecule has 0 heterocycles. The largest absolute Gasteiger partial charge is 0.355 e. The Morgan fingerprint density at radius 3 is 3.00 bits per heavy atom. The summed E-state index contributed by atoms with van der Waals surface area (Å²) in [7, 11) is 0. The fraction of sp³-hybridized carbons (Fsp3) is 0.385. The molecular weight excluding hydrogens is 234 g/mol. The summed E-state index contributed by atoms with van der Waals surface area (Å²) in [6.07, 6.45) is 3.31. The Hall–Kier alpha value is -1.29. The summed E-state index contributed by atoms with van der Waals surface area (Å²) in [4.78, 5) is 23.0. The number of hydrogen-bond acceptors (Lipinski definition) is 3. The van der Waals surface area contributed by atoms with Crippen LogP contribution in [0.5, 0.6) is 0 Å². The third kappa shape index (κ3) is 4.23. The lowest BCUT2D eigenvalue weighted by Crippen LogP contribution is -2.27. The van der Waals surface area contributed by atoms with E-state index in [0.717, 1.165) is 17.7 Å². The molecule has 0 aliphatic heterocycles. The number of rotatable bonds is 6. The second-order valence-electron chi connectivity index (χ2n) is 4.23. The molecule has 4 heteroatoms. The average molecular weight is 249 g/mol. The highest BCUT2D eigenvalue weighted by Crippen LogP contribution is 2.27. The van der Waals surface area contributed by atoms with Gasteiger partial charge in [0.15, 0.2) is 0 Å². The monoisotopic (exact) mass is 249 g/mol. The van der Waals surface area contributed by atoms with Crippen molar-refractivity contribution in [2.45, 2.75) is 17.7 Å². The minimum absolute atomic E-state index is 0.0680. The van der Waals surface area contributed by atoms with Gasteiger partial charge in [0.05, 0.1) is 5.75 Å². The minimum atomic E-state index is 0.0680. The van der Waals surface area contributed by atoms with Gasteiger partial charge in [-0.25, -0.2) is 0 Å². The van der Waals surface area contributed by atoms with Crippen molar-refractivity contribution in [1.82, 2.24) is 5.32 Å². The molecule has 1 aliphatic rings. The first-order valence-corrected chi connectivity index (χ1v) is 6.71. The van der Waals surface area contributed by atoms with Crippen LogP contribution in [0.25, 0.3) is 0 Å². The second kappa shape index (κ2) is 5.87. The van der Waals surface area contributed by atoms with Crippen LogP contribution in [0.1, 0.15) is 23.2 Å². The van der Waals surface area contributed by atoms with Gasteiger partial charge in [-0.2, -0.15) is 0 Å². The number of carbonyl (C=O) groups is 2. The molecule has 17 heavy (non-hydrogen) atoms. The molecule has 90 valence electrons. The van der Waals surface area contributed by atoms with Crippen LogP contribution in [-0.4, -0.2) is 24.5 Å². The first-order chi connectivity index (χ1) is 8.28. The van der Waals surface area contributed by atoms with E-state index in [-0.39, 0.29) is 5.91 Å². The van der Waals surface area contributed by atoms with Crippen LogP contribution in [0.2, 0.25) is 0 Å². The van der Waals surface area contributed by atoms with Crippen LogP contribution in [-0.2, 0) is 4.79 Å². The number of carbonyl (C=O) groups excluding carboxylic acids is 2. The third-order valence-electron chi connectivity index (χ3n) is 2.65. The maximum absolute atomic E-state index is 11.5. The van der Waals surface area contributed by atoms with E-state index < -0.39 is 0 Å². The molecule has 0 radical (unpaired) electrons. The molecule has 0 atom stereocenters. The fourth-order valence-electron chi connectivity index (χ4n) is 1.46. The SMILES string of the molecule is O=Cc1cccc(SCC(=O)NCC2CC2)c1. The normalized spacial score (nSPS) is 14.4. The van der Waals surface area contributed by atoms with Gasteiger partial charge in [0.1, 0.15) is 6.29 Å². The highest BCUT2D eigenvalue weighted by molar-refractivity contribution is 8.00. The fourth-order valence-corrected chi connectivity index (χ4v) is 2.25. The van der Waals surface area contributed by atoms with E-state index in [4.69, 9.17) is 0 Å². The zero-order chi connectivity index (χ0) is 12.1. The van der Waals surface area contributed by atoms with E-state index in [1.807, 2.05) is 12.1 Å². The molecular formula is C13H15NO2S. The maximum atomic E-state index is 11.5. The Morgan fingerprint density at radius 1 is 1.47 bits per heavy atom. The van der Waals surface area contributed by atoms with Crippen molar-refractivity contribution in [3.05, 3.63) is 29.8 Å². The smallest absolute Gasteiger partial charge is 0.230 e. The maximum Gasteiger partial charge on any atom is 0.230 e. The van der Waals surface area contributed by atoms with Gasteiger partial charge < -0.3 is 5.32 Å². The van der Waals surface area contributed by atoms with Gasteiger partial charge in [0, 0.05) is 17.0 Å². The molecule has 0 bridgehead atoms. The van der Waals surface area contributed by atoms with Crippen LogP contribution < -0.4 is 5.32 Å². The number of thioether (sulfide) groups is 1. The third-order valence-corrected chi connectivity index (χ3v) is 3.64. The lowest BCUT2D eigenvalue weighted by Gasteiger charge is -2.04. The Labute approximate surface area is 105 Å².